The lowest BCUT2D eigenvalue weighted by Crippen LogP contribution is -2.31. The highest BCUT2D eigenvalue weighted by molar-refractivity contribution is 9.10. The first kappa shape index (κ1) is 16.4. The van der Waals surface area contributed by atoms with Crippen LogP contribution in [0.3, 0.4) is 0 Å². The molecule has 1 aromatic carbocycles. The molecule has 0 aromatic heterocycles. The molecule has 8 heteroatoms. The summed E-state index contributed by atoms with van der Waals surface area (Å²) in [6.45, 7) is 2.28. The highest BCUT2D eigenvalue weighted by atomic mass is 79.9. The zero-order valence-corrected chi connectivity index (χ0v) is 13.1. The molecule has 0 unspecified atom stereocenters. The molecule has 0 aliphatic rings. The van der Waals surface area contributed by atoms with E-state index in [1.807, 2.05) is 6.92 Å². The zero-order valence-electron chi connectivity index (χ0n) is 10.7. The van der Waals surface area contributed by atoms with Crippen molar-refractivity contribution in [2.75, 3.05) is 13.2 Å². The topological polar surface area (TPSA) is 83.0 Å². The fourth-order valence-corrected chi connectivity index (χ4v) is 1.93. The number of hydrazone groups is 1. The summed E-state index contributed by atoms with van der Waals surface area (Å²) < 4.78 is 5.74. The van der Waals surface area contributed by atoms with Gasteiger partial charge in [-0.1, -0.05) is 0 Å². The summed E-state index contributed by atoms with van der Waals surface area (Å²) in [4.78, 5) is 10.4. The van der Waals surface area contributed by atoms with E-state index < -0.39 is 5.97 Å². The van der Waals surface area contributed by atoms with Crippen molar-refractivity contribution in [1.29, 1.82) is 0 Å². The van der Waals surface area contributed by atoms with E-state index in [1.165, 1.54) is 0 Å². The van der Waals surface area contributed by atoms with E-state index in [9.17, 15) is 4.79 Å². The van der Waals surface area contributed by atoms with Crippen molar-refractivity contribution in [2.45, 2.75) is 6.92 Å². The average Bonchev–Trinajstić information content (AvgIpc) is 2.38. The standard InChI is InChI=1S/C12H14BrN3O3S/c1-2-14-12(20)16-15-6-8-3-4-10(9(13)5-8)19-7-11(17)18/h3-6H,2,7H2,1H3,(H,17,18)(H2,14,16,20). The largest absolute Gasteiger partial charge is 0.481 e. The van der Waals surface area contributed by atoms with Crippen LogP contribution >= 0.6 is 28.1 Å². The maximum atomic E-state index is 10.4. The molecule has 0 radical (unpaired) electrons. The monoisotopic (exact) mass is 359 g/mol. The van der Waals surface area contributed by atoms with Crippen LogP contribution in [0.2, 0.25) is 0 Å². The van der Waals surface area contributed by atoms with E-state index >= 15 is 0 Å². The number of thiocarbonyl (C=S) groups is 1. The number of aliphatic carboxylic acids is 1. The van der Waals surface area contributed by atoms with Gasteiger partial charge in [0.1, 0.15) is 5.75 Å². The SMILES string of the molecule is CCNC(=S)NN=Cc1ccc(OCC(=O)O)c(Br)c1. The van der Waals surface area contributed by atoms with Gasteiger partial charge in [0.05, 0.1) is 10.7 Å². The third kappa shape index (κ3) is 5.98. The molecular weight excluding hydrogens is 346 g/mol. The second kappa shape index (κ2) is 8.49. The Labute approximate surface area is 130 Å². The lowest BCUT2D eigenvalue weighted by Gasteiger charge is -2.06. The maximum absolute atomic E-state index is 10.4. The molecule has 20 heavy (non-hydrogen) atoms. The third-order valence-electron chi connectivity index (χ3n) is 2.02. The van der Waals surface area contributed by atoms with Crippen LogP contribution in [0.4, 0.5) is 0 Å². The number of rotatable bonds is 6. The maximum Gasteiger partial charge on any atom is 0.341 e. The molecule has 0 heterocycles. The molecule has 0 saturated heterocycles. The highest BCUT2D eigenvalue weighted by Crippen LogP contribution is 2.25. The van der Waals surface area contributed by atoms with E-state index in [-0.39, 0.29) is 6.61 Å². The fourth-order valence-electron chi connectivity index (χ4n) is 1.22. The number of nitrogens with zero attached hydrogens (tertiary/aromatic N) is 1. The van der Waals surface area contributed by atoms with Crippen LogP contribution in [0.1, 0.15) is 12.5 Å². The van der Waals surface area contributed by atoms with Crippen LogP contribution in [0.15, 0.2) is 27.8 Å². The predicted octanol–water partition coefficient (Wildman–Crippen LogP) is 1.73. The predicted molar refractivity (Wildman–Crippen MR) is 84.3 cm³/mol. The minimum absolute atomic E-state index is 0.384. The Balaban J connectivity index is 2.60. The Bertz CT molecular complexity index is 523. The number of hydrogen-bond donors (Lipinski definition) is 3. The van der Waals surface area contributed by atoms with E-state index in [1.54, 1.807) is 24.4 Å². The quantitative estimate of drug-likeness (QED) is 0.407. The van der Waals surface area contributed by atoms with Crippen LogP contribution in [0.5, 0.6) is 5.75 Å². The lowest BCUT2D eigenvalue weighted by atomic mass is 10.2. The van der Waals surface area contributed by atoms with Crippen molar-refractivity contribution < 1.29 is 14.6 Å². The van der Waals surface area contributed by atoms with E-state index in [4.69, 9.17) is 22.1 Å². The average molecular weight is 360 g/mol. The normalized spacial score (nSPS) is 10.3. The molecule has 3 N–H and O–H groups in total. The molecule has 0 aliphatic carbocycles. The van der Waals surface area contributed by atoms with E-state index in [0.717, 1.165) is 12.1 Å². The van der Waals surface area contributed by atoms with Crippen molar-refractivity contribution in [2.24, 2.45) is 5.10 Å². The summed E-state index contributed by atoms with van der Waals surface area (Å²) >= 11 is 8.26. The number of carboxylic acids is 1. The lowest BCUT2D eigenvalue weighted by molar-refractivity contribution is -0.139. The molecule has 108 valence electrons. The van der Waals surface area contributed by atoms with Crippen molar-refractivity contribution in [1.82, 2.24) is 10.7 Å². The Morgan fingerprint density at radius 1 is 1.60 bits per heavy atom. The second-order valence-corrected chi connectivity index (χ2v) is 4.86. The summed E-state index contributed by atoms with van der Waals surface area (Å²) in [6.07, 6.45) is 1.59. The van der Waals surface area contributed by atoms with Gasteiger partial charge in [-0.25, -0.2) is 4.79 Å². The summed E-state index contributed by atoms with van der Waals surface area (Å²) in [6, 6.07) is 5.18. The van der Waals surface area contributed by atoms with Gasteiger partial charge in [-0.15, -0.1) is 0 Å². The number of benzene rings is 1. The smallest absolute Gasteiger partial charge is 0.341 e. The van der Waals surface area contributed by atoms with Gasteiger partial charge >= 0.3 is 5.97 Å². The Hall–Kier alpha value is -1.67. The number of hydrogen-bond acceptors (Lipinski definition) is 4. The van der Waals surface area contributed by atoms with Crippen LogP contribution in [0, 0.1) is 0 Å². The van der Waals surface area contributed by atoms with E-state index in [0.29, 0.717) is 15.3 Å². The van der Waals surface area contributed by atoms with Crippen LogP contribution in [0.25, 0.3) is 0 Å². The molecule has 0 atom stereocenters. The summed E-state index contributed by atoms with van der Waals surface area (Å²) in [5.74, 6) is -0.565. The van der Waals surface area contributed by atoms with Crippen LogP contribution in [-0.4, -0.2) is 35.6 Å². The molecule has 0 fully saturated rings. The number of carbonyl (C=O) groups is 1. The number of ether oxygens (including phenoxy) is 1. The Morgan fingerprint density at radius 3 is 2.95 bits per heavy atom. The molecule has 0 saturated carbocycles. The minimum atomic E-state index is -1.02. The number of carboxylic acid groups (broad SMARTS) is 1. The molecule has 1 rings (SSSR count). The van der Waals surface area contributed by atoms with Gasteiger partial charge in [0.25, 0.3) is 0 Å². The Kier molecular flexibility index (Phi) is 6.96. The van der Waals surface area contributed by atoms with E-state index in [2.05, 4.69) is 31.8 Å². The summed E-state index contributed by atoms with van der Waals surface area (Å²) in [5.41, 5.74) is 3.48. The minimum Gasteiger partial charge on any atom is -0.481 e. The van der Waals surface area contributed by atoms with Gasteiger partial charge in [-0.2, -0.15) is 5.10 Å². The molecule has 0 bridgehead atoms. The van der Waals surface area contributed by atoms with Gasteiger partial charge in [0.2, 0.25) is 0 Å². The third-order valence-corrected chi connectivity index (χ3v) is 2.88. The van der Waals surface area contributed by atoms with Gasteiger partial charge in [-0.3, -0.25) is 5.43 Å². The van der Waals surface area contributed by atoms with Crippen molar-refractivity contribution in [3.63, 3.8) is 0 Å². The number of nitrogens with one attached hydrogen (secondary N) is 2. The molecule has 0 spiro atoms. The first-order valence-corrected chi connectivity index (χ1v) is 6.94. The summed E-state index contributed by atoms with van der Waals surface area (Å²) in [5, 5.41) is 15.9. The molecular formula is C12H14BrN3O3S. The van der Waals surface area contributed by atoms with Gasteiger partial charge < -0.3 is 15.2 Å². The first-order chi connectivity index (χ1) is 9.52. The van der Waals surface area contributed by atoms with Crippen molar-refractivity contribution >= 4 is 45.4 Å². The van der Waals surface area contributed by atoms with Crippen molar-refractivity contribution in [3.05, 3.63) is 28.2 Å². The highest BCUT2D eigenvalue weighted by Gasteiger charge is 2.04. The van der Waals surface area contributed by atoms with Crippen LogP contribution < -0.4 is 15.5 Å². The summed E-state index contributed by atoms with van der Waals surface area (Å²) in [7, 11) is 0. The van der Waals surface area contributed by atoms with Gasteiger partial charge in [0, 0.05) is 6.54 Å². The van der Waals surface area contributed by atoms with Gasteiger partial charge in [0.15, 0.2) is 11.7 Å². The second-order valence-electron chi connectivity index (χ2n) is 3.60. The molecule has 0 amide bonds. The number of halogens is 1. The molecule has 0 aliphatic heterocycles. The van der Waals surface area contributed by atoms with Crippen molar-refractivity contribution in [3.8, 4) is 5.75 Å². The molecule has 1 aromatic rings. The fraction of sp³-hybridized carbons (Fsp3) is 0.250. The van der Waals surface area contributed by atoms with Crippen LogP contribution in [-0.2, 0) is 4.79 Å². The zero-order chi connectivity index (χ0) is 15.0. The molecule has 6 nitrogen and oxygen atoms in total. The Morgan fingerprint density at radius 2 is 2.35 bits per heavy atom. The van der Waals surface area contributed by atoms with Gasteiger partial charge in [-0.05, 0) is 58.8 Å². The first-order valence-electron chi connectivity index (χ1n) is 5.74.